The predicted molar refractivity (Wildman–Crippen MR) is 228 cm³/mol. The van der Waals surface area contributed by atoms with Gasteiger partial charge in [0.05, 0.1) is 33.1 Å². The zero-order valence-corrected chi connectivity index (χ0v) is 30.0. The number of para-hydroxylation sites is 4. The maximum Gasteiger partial charge on any atom is 0.327 e. The van der Waals surface area contributed by atoms with Crippen LogP contribution in [-0.2, 0) is 0 Å². The molecule has 0 aliphatic carbocycles. The Balaban J connectivity index is 1.10. The second-order valence-electron chi connectivity index (χ2n) is 14.2. The quantitative estimate of drug-likeness (QED) is 0.178. The highest BCUT2D eigenvalue weighted by Crippen LogP contribution is 2.44. The smallest absolute Gasteiger partial charge is 0.327 e. The molecule has 0 N–H and O–H groups in total. The van der Waals surface area contributed by atoms with Gasteiger partial charge in [0.15, 0.2) is 0 Å². The van der Waals surface area contributed by atoms with Gasteiger partial charge in [0.1, 0.15) is 0 Å². The van der Waals surface area contributed by atoms with Crippen molar-refractivity contribution < 1.29 is 4.42 Å². The lowest BCUT2D eigenvalue weighted by atomic mass is 9.95. The summed E-state index contributed by atoms with van der Waals surface area (Å²) in [5, 5.41) is 16.2. The number of fused-ring (bicyclic) bond motifs is 9. The van der Waals surface area contributed by atoms with Crippen molar-refractivity contribution in [3.63, 3.8) is 0 Å². The molecule has 0 saturated carbocycles. The summed E-state index contributed by atoms with van der Waals surface area (Å²) in [6.07, 6.45) is 0. The Bertz CT molecular complexity index is 3480. The molecule has 56 heavy (non-hydrogen) atoms. The van der Waals surface area contributed by atoms with E-state index in [4.69, 9.17) is 4.42 Å². The largest absolute Gasteiger partial charge is 0.403 e. The summed E-state index contributed by atoms with van der Waals surface area (Å²) in [7, 11) is 0. The van der Waals surface area contributed by atoms with E-state index >= 15 is 0 Å². The molecule has 262 valence electrons. The van der Waals surface area contributed by atoms with Gasteiger partial charge < -0.3 is 13.6 Å². The molecular formula is C50H31N5O. The minimum atomic E-state index is 0.436. The standard InChI is InChI=1S/C50H31N5O/c1-3-15-32(16-4-1)49-51-52-50(56-49)55-43-26-12-9-21-39(43)48-37(23-14-28-46(48)55)36-22-13-27-45-47(36)38-20-8-11-25-42(38)54(45)34-29-30-44-40(31-34)35-19-7-10-24-41(35)53(44)33-17-5-2-6-18-33/h1-31H. The highest BCUT2D eigenvalue weighted by molar-refractivity contribution is 6.22. The van der Waals surface area contributed by atoms with E-state index in [1.807, 2.05) is 30.3 Å². The molecule has 6 heteroatoms. The summed E-state index contributed by atoms with van der Waals surface area (Å²) in [4.78, 5) is 0. The Labute approximate surface area is 320 Å². The first-order valence-corrected chi connectivity index (χ1v) is 18.8. The minimum absolute atomic E-state index is 0.436. The summed E-state index contributed by atoms with van der Waals surface area (Å²) >= 11 is 0. The van der Waals surface area contributed by atoms with Crippen molar-refractivity contribution in [2.75, 3.05) is 0 Å². The fourth-order valence-electron chi connectivity index (χ4n) is 8.93. The lowest BCUT2D eigenvalue weighted by Gasteiger charge is -2.11. The normalized spacial score (nSPS) is 11.9. The Morgan fingerprint density at radius 2 is 0.839 bits per heavy atom. The molecule has 0 bridgehead atoms. The Morgan fingerprint density at radius 3 is 1.52 bits per heavy atom. The van der Waals surface area contributed by atoms with Crippen molar-refractivity contribution >= 4 is 65.4 Å². The molecule has 12 aromatic rings. The van der Waals surface area contributed by atoms with Gasteiger partial charge in [-0.15, -0.1) is 5.10 Å². The molecule has 0 atom stereocenters. The fraction of sp³-hybridized carbons (Fsp3) is 0. The molecule has 0 saturated heterocycles. The SMILES string of the molecule is c1ccc(-c2nnc(-n3c4ccccc4c4c(-c5cccc6c5c5ccccc5n6-c5ccc6c(c5)c5ccccc5n6-c5ccccc5)cccc43)o2)cc1. The molecule has 4 heterocycles. The van der Waals surface area contributed by atoms with Gasteiger partial charge >= 0.3 is 6.01 Å². The number of benzene rings is 8. The van der Waals surface area contributed by atoms with Crippen molar-refractivity contribution in [3.8, 4) is 40.0 Å². The van der Waals surface area contributed by atoms with E-state index in [-0.39, 0.29) is 0 Å². The van der Waals surface area contributed by atoms with Crippen LogP contribution >= 0.6 is 0 Å². The van der Waals surface area contributed by atoms with E-state index < -0.39 is 0 Å². The number of aromatic nitrogens is 5. The van der Waals surface area contributed by atoms with Crippen LogP contribution in [-0.4, -0.2) is 23.9 Å². The van der Waals surface area contributed by atoms with E-state index in [9.17, 15) is 0 Å². The van der Waals surface area contributed by atoms with Gasteiger partial charge in [-0.3, -0.25) is 4.57 Å². The number of hydrogen-bond donors (Lipinski definition) is 0. The second kappa shape index (κ2) is 11.9. The third-order valence-corrected chi connectivity index (χ3v) is 11.2. The van der Waals surface area contributed by atoms with Gasteiger partial charge in [-0.2, -0.15) is 0 Å². The van der Waals surface area contributed by atoms with Crippen LogP contribution < -0.4 is 0 Å². The molecule has 0 spiro atoms. The molecule has 8 aromatic carbocycles. The van der Waals surface area contributed by atoms with Gasteiger partial charge in [0.25, 0.3) is 0 Å². The fourth-order valence-corrected chi connectivity index (χ4v) is 8.93. The zero-order chi connectivity index (χ0) is 36.7. The van der Waals surface area contributed by atoms with Crippen LogP contribution in [0.25, 0.3) is 105 Å². The van der Waals surface area contributed by atoms with Crippen LogP contribution in [0.5, 0.6) is 0 Å². The number of rotatable bonds is 5. The first-order valence-electron chi connectivity index (χ1n) is 18.8. The lowest BCUT2D eigenvalue weighted by Crippen LogP contribution is -1.95. The van der Waals surface area contributed by atoms with E-state index in [1.54, 1.807) is 0 Å². The Morgan fingerprint density at radius 1 is 0.339 bits per heavy atom. The predicted octanol–water partition coefficient (Wildman–Crippen LogP) is 12.7. The van der Waals surface area contributed by atoms with Gasteiger partial charge in [-0.25, -0.2) is 0 Å². The zero-order valence-electron chi connectivity index (χ0n) is 30.0. The molecule has 0 aliphatic heterocycles. The molecular weight excluding hydrogens is 687 g/mol. The van der Waals surface area contributed by atoms with Crippen LogP contribution in [0, 0.1) is 0 Å². The first-order chi connectivity index (χ1) is 27.8. The minimum Gasteiger partial charge on any atom is -0.403 e. The lowest BCUT2D eigenvalue weighted by molar-refractivity contribution is 0.546. The van der Waals surface area contributed by atoms with E-state index in [2.05, 4.69) is 182 Å². The van der Waals surface area contributed by atoms with Crippen LogP contribution in [0.1, 0.15) is 0 Å². The summed E-state index contributed by atoms with van der Waals surface area (Å²) < 4.78 is 13.3. The summed E-state index contributed by atoms with van der Waals surface area (Å²) in [6.45, 7) is 0. The average molecular weight is 718 g/mol. The molecule has 0 radical (unpaired) electrons. The molecule has 0 fully saturated rings. The number of hydrogen-bond acceptors (Lipinski definition) is 3. The summed E-state index contributed by atoms with van der Waals surface area (Å²) in [5.74, 6) is 0.489. The summed E-state index contributed by atoms with van der Waals surface area (Å²) in [5.41, 5.74) is 12.2. The van der Waals surface area contributed by atoms with Crippen molar-refractivity contribution in [3.05, 3.63) is 188 Å². The van der Waals surface area contributed by atoms with Gasteiger partial charge in [0, 0.05) is 49.3 Å². The van der Waals surface area contributed by atoms with Crippen molar-refractivity contribution in [2.45, 2.75) is 0 Å². The van der Waals surface area contributed by atoms with Crippen LogP contribution in [0.15, 0.2) is 192 Å². The van der Waals surface area contributed by atoms with Crippen LogP contribution in [0.3, 0.4) is 0 Å². The van der Waals surface area contributed by atoms with Gasteiger partial charge in [-0.05, 0) is 83.9 Å². The Hall–Kier alpha value is -7.70. The highest BCUT2D eigenvalue weighted by atomic mass is 16.4. The molecule has 0 aliphatic rings. The second-order valence-corrected chi connectivity index (χ2v) is 14.2. The first kappa shape index (κ1) is 30.7. The van der Waals surface area contributed by atoms with Crippen LogP contribution in [0.4, 0.5) is 0 Å². The van der Waals surface area contributed by atoms with Crippen molar-refractivity contribution in [1.82, 2.24) is 23.9 Å². The molecule has 0 unspecified atom stereocenters. The average Bonchev–Trinajstić information content (AvgIpc) is 4.04. The molecule has 6 nitrogen and oxygen atoms in total. The molecule has 4 aromatic heterocycles. The third-order valence-electron chi connectivity index (χ3n) is 11.2. The topological polar surface area (TPSA) is 53.7 Å². The van der Waals surface area contributed by atoms with Crippen LogP contribution in [0.2, 0.25) is 0 Å². The van der Waals surface area contributed by atoms with Crippen molar-refractivity contribution in [1.29, 1.82) is 0 Å². The maximum absolute atomic E-state index is 6.38. The monoisotopic (exact) mass is 717 g/mol. The third kappa shape index (κ3) is 4.38. The van der Waals surface area contributed by atoms with Gasteiger partial charge in [0.2, 0.25) is 5.89 Å². The maximum atomic E-state index is 6.38. The molecule has 0 amide bonds. The highest BCUT2D eigenvalue weighted by Gasteiger charge is 2.23. The van der Waals surface area contributed by atoms with E-state index in [0.717, 1.165) is 55.3 Å². The van der Waals surface area contributed by atoms with Crippen molar-refractivity contribution in [2.24, 2.45) is 0 Å². The molecule has 12 rings (SSSR count). The number of nitrogens with zero attached hydrogens (tertiary/aromatic N) is 5. The van der Waals surface area contributed by atoms with E-state index in [0.29, 0.717) is 11.9 Å². The van der Waals surface area contributed by atoms with E-state index in [1.165, 1.54) is 38.1 Å². The summed E-state index contributed by atoms with van der Waals surface area (Å²) in [6, 6.07) is 67.1. The Kier molecular flexibility index (Phi) is 6.53. The van der Waals surface area contributed by atoms with Gasteiger partial charge in [-0.1, -0.05) is 120 Å².